The second kappa shape index (κ2) is 6.54. The molecule has 0 radical (unpaired) electrons. The molecular weight excluding hydrogens is 296 g/mol. The molecule has 3 rings (SSSR count). The lowest BCUT2D eigenvalue weighted by atomic mass is 10.1. The van der Waals surface area contributed by atoms with Crippen LogP contribution in [0, 0.1) is 0 Å². The minimum Gasteiger partial charge on any atom is -0.496 e. The Labute approximate surface area is 134 Å². The Kier molecular flexibility index (Phi) is 4.31. The van der Waals surface area contributed by atoms with E-state index in [4.69, 9.17) is 20.8 Å². The van der Waals surface area contributed by atoms with E-state index in [0.717, 1.165) is 28.4 Å². The lowest BCUT2D eigenvalue weighted by molar-refractivity contribution is 0.372. The average molecular weight is 311 g/mol. The SMILES string of the molecule is CO/C(=C/c1ccc(-c2cccc(Cl)c2)o1)c1ccccc1. The summed E-state index contributed by atoms with van der Waals surface area (Å²) < 4.78 is 11.3. The first-order valence-corrected chi connectivity index (χ1v) is 7.31. The predicted molar refractivity (Wildman–Crippen MR) is 90.5 cm³/mol. The molecule has 0 amide bonds. The van der Waals surface area contributed by atoms with Gasteiger partial charge >= 0.3 is 0 Å². The summed E-state index contributed by atoms with van der Waals surface area (Å²) in [4.78, 5) is 0. The van der Waals surface area contributed by atoms with Crippen molar-refractivity contribution in [3.8, 4) is 11.3 Å². The van der Waals surface area contributed by atoms with E-state index in [1.807, 2.05) is 72.8 Å². The lowest BCUT2D eigenvalue weighted by Crippen LogP contribution is -1.86. The number of furan rings is 1. The van der Waals surface area contributed by atoms with Gasteiger partial charge in [0.15, 0.2) is 0 Å². The monoisotopic (exact) mass is 310 g/mol. The first-order valence-electron chi connectivity index (χ1n) is 6.93. The third-order valence-corrected chi connectivity index (χ3v) is 3.52. The number of rotatable bonds is 4. The summed E-state index contributed by atoms with van der Waals surface area (Å²) >= 11 is 6.01. The molecule has 1 heterocycles. The van der Waals surface area contributed by atoms with Gasteiger partial charge in [-0.05, 0) is 24.3 Å². The van der Waals surface area contributed by atoms with Gasteiger partial charge in [0.05, 0.1) is 7.11 Å². The van der Waals surface area contributed by atoms with Crippen LogP contribution in [-0.2, 0) is 4.74 Å². The van der Waals surface area contributed by atoms with Crippen molar-refractivity contribution in [3.05, 3.63) is 83.1 Å². The summed E-state index contributed by atoms with van der Waals surface area (Å²) in [6, 6.07) is 21.3. The van der Waals surface area contributed by atoms with Crippen LogP contribution in [-0.4, -0.2) is 7.11 Å². The molecule has 0 fully saturated rings. The molecule has 0 aliphatic heterocycles. The van der Waals surface area contributed by atoms with Crippen molar-refractivity contribution in [2.24, 2.45) is 0 Å². The molecule has 0 N–H and O–H groups in total. The molecule has 22 heavy (non-hydrogen) atoms. The van der Waals surface area contributed by atoms with Crippen LogP contribution in [0.3, 0.4) is 0 Å². The fraction of sp³-hybridized carbons (Fsp3) is 0.0526. The van der Waals surface area contributed by atoms with Crippen molar-refractivity contribution in [3.63, 3.8) is 0 Å². The summed E-state index contributed by atoms with van der Waals surface area (Å²) in [7, 11) is 1.65. The van der Waals surface area contributed by atoms with E-state index in [1.54, 1.807) is 7.11 Å². The quantitative estimate of drug-likeness (QED) is 0.573. The van der Waals surface area contributed by atoms with Crippen molar-refractivity contribution in [1.29, 1.82) is 0 Å². The van der Waals surface area contributed by atoms with E-state index < -0.39 is 0 Å². The molecule has 0 aliphatic rings. The molecule has 3 heteroatoms. The van der Waals surface area contributed by atoms with Crippen LogP contribution in [0.15, 0.2) is 71.1 Å². The van der Waals surface area contributed by atoms with Gasteiger partial charge in [0.1, 0.15) is 17.3 Å². The van der Waals surface area contributed by atoms with Gasteiger partial charge in [0.2, 0.25) is 0 Å². The largest absolute Gasteiger partial charge is 0.496 e. The van der Waals surface area contributed by atoms with Gasteiger partial charge in [0, 0.05) is 22.2 Å². The van der Waals surface area contributed by atoms with Crippen molar-refractivity contribution in [2.45, 2.75) is 0 Å². The number of ether oxygens (including phenoxy) is 1. The maximum Gasteiger partial charge on any atom is 0.134 e. The summed E-state index contributed by atoms with van der Waals surface area (Å²) in [5, 5.41) is 0.688. The highest BCUT2D eigenvalue weighted by atomic mass is 35.5. The fourth-order valence-electron chi connectivity index (χ4n) is 2.22. The van der Waals surface area contributed by atoms with Crippen LogP contribution in [0.4, 0.5) is 0 Å². The van der Waals surface area contributed by atoms with Crippen molar-refractivity contribution >= 4 is 23.4 Å². The summed E-state index contributed by atoms with van der Waals surface area (Å²) in [5.41, 5.74) is 1.96. The second-order valence-electron chi connectivity index (χ2n) is 4.79. The Balaban J connectivity index is 1.92. The van der Waals surface area contributed by atoms with E-state index in [-0.39, 0.29) is 0 Å². The lowest BCUT2D eigenvalue weighted by Gasteiger charge is -2.05. The minimum absolute atomic E-state index is 0.688. The fourth-order valence-corrected chi connectivity index (χ4v) is 2.41. The highest BCUT2D eigenvalue weighted by Gasteiger charge is 2.06. The minimum atomic E-state index is 0.688. The topological polar surface area (TPSA) is 22.4 Å². The Morgan fingerprint density at radius 1 is 1.00 bits per heavy atom. The zero-order valence-electron chi connectivity index (χ0n) is 12.1. The zero-order chi connectivity index (χ0) is 15.4. The number of halogens is 1. The molecule has 3 aromatic rings. The second-order valence-corrected chi connectivity index (χ2v) is 5.23. The van der Waals surface area contributed by atoms with E-state index in [1.165, 1.54) is 0 Å². The average Bonchev–Trinajstić information content (AvgIpc) is 3.02. The maximum atomic E-state index is 6.01. The Hall–Kier alpha value is -2.45. The van der Waals surface area contributed by atoms with Crippen LogP contribution >= 0.6 is 11.6 Å². The van der Waals surface area contributed by atoms with Gasteiger partial charge in [-0.1, -0.05) is 54.1 Å². The molecule has 0 bridgehead atoms. The predicted octanol–water partition coefficient (Wildman–Crippen LogP) is 5.74. The van der Waals surface area contributed by atoms with Gasteiger partial charge in [0.25, 0.3) is 0 Å². The number of hydrogen-bond donors (Lipinski definition) is 0. The van der Waals surface area contributed by atoms with E-state index in [2.05, 4.69) is 0 Å². The maximum absolute atomic E-state index is 6.01. The van der Waals surface area contributed by atoms with Gasteiger partial charge in [-0.2, -0.15) is 0 Å². The molecule has 0 saturated carbocycles. The van der Waals surface area contributed by atoms with Gasteiger partial charge < -0.3 is 9.15 Å². The number of methoxy groups -OCH3 is 1. The van der Waals surface area contributed by atoms with Crippen LogP contribution in [0.5, 0.6) is 0 Å². The normalized spacial score (nSPS) is 11.5. The van der Waals surface area contributed by atoms with Crippen molar-refractivity contribution < 1.29 is 9.15 Å². The van der Waals surface area contributed by atoms with Crippen molar-refractivity contribution in [1.82, 2.24) is 0 Å². The molecule has 110 valence electrons. The summed E-state index contributed by atoms with van der Waals surface area (Å²) in [6.45, 7) is 0. The Bertz CT molecular complexity index is 788. The number of hydrogen-bond acceptors (Lipinski definition) is 2. The zero-order valence-corrected chi connectivity index (χ0v) is 12.9. The standard InChI is InChI=1S/C19H15ClO2/c1-21-19(14-6-3-2-4-7-14)13-17-10-11-18(22-17)15-8-5-9-16(20)12-15/h2-13H,1H3/b19-13+. The van der Waals surface area contributed by atoms with Gasteiger partial charge in [-0.25, -0.2) is 0 Å². The summed E-state index contributed by atoms with van der Waals surface area (Å²) in [6.07, 6.45) is 1.88. The highest BCUT2D eigenvalue weighted by Crippen LogP contribution is 2.27. The number of benzene rings is 2. The van der Waals surface area contributed by atoms with Gasteiger partial charge in [-0.15, -0.1) is 0 Å². The molecule has 1 aromatic heterocycles. The molecule has 2 aromatic carbocycles. The molecular formula is C19H15ClO2. The summed E-state index contributed by atoms with van der Waals surface area (Å²) in [5.74, 6) is 2.26. The molecule has 0 spiro atoms. The molecule has 0 aliphatic carbocycles. The third-order valence-electron chi connectivity index (χ3n) is 3.29. The molecule has 0 unspecified atom stereocenters. The molecule has 2 nitrogen and oxygen atoms in total. The first kappa shape index (κ1) is 14.5. The van der Waals surface area contributed by atoms with E-state index in [0.29, 0.717) is 5.02 Å². The molecule has 0 saturated heterocycles. The smallest absolute Gasteiger partial charge is 0.134 e. The van der Waals surface area contributed by atoms with Crippen LogP contribution in [0.25, 0.3) is 23.2 Å². The van der Waals surface area contributed by atoms with Crippen LogP contribution < -0.4 is 0 Å². The highest BCUT2D eigenvalue weighted by molar-refractivity contribution is 6.30. The molecule has 0 atom stereocenters. The van der Waals surface area contributed by atoms with E-state index in [9.17, 15) is 0 Å². The first-order chi connectivity index (χ1) is 10.8. The van der Waals surface area contributed by atoms with Crippen LogP contribution in [0.1, 0.15) is 11.3 Å². The Morgan fingerprint density at radius 3 is 2.55 bits per heavy atom. The third kappa shape index (κ3) is 3.23. The van der Waals surface area contributed by atoms with Crippen molar-refractivity contribution in [2.75, 3.05) is 7.11 Å². The van der Waals surface area contributed by atoms with Crippen LogP contribution in [0.2, 0.25) is 5.02 Å². The Morgan fingerprint density at radius 2 is 1.82 bits per heavy atom. The van der Waals surface area contributed by atoms with Gasteiger partial charge in [-0.3, -0.25) is 0 Å². The van der Waals surface area contributed by atoms with E-state index >= 15 is 0 Å².